The number of nitriles is 1. The minimum Gasteiger partial charge on any atom is -0.496 e. The van der Waals surface area contributed by atoms with Crippen LogP contribution in [0.2, 0.25) is 0 Å². The molecule has 160 valence electrons. The van der Waals surface area contributed by atoms with Crippen LogP contribution in [-0.4, -0.2) is 23.8 Å². The molecule has 5 nitrogen and oxygen atoms in total. The lowest BCUT2D eigenvalue weighted by Crippen LogP contribution is -2.37. The highest BCUT2D eigenvalue weighted by Gasteiger charge is 2.39. The van der Waals surface area contributed by atoms with Crippen molar-refractivity contribution >= 4 is 23.4 Å². The lowest BCUT2D eigenvalue weighted by atomic mass is 9.78. The summed E-state index contributed by atoms with van der Waals surface area (Å²) in [6.07, 6.45) is 0. The minimum absolute atomic E-state index is 0.122. The van der Waals surface area contributed by atoms with E-state index in [4.69, 9.17) is 10.5 Å². The van der Waals surface area contributed by atoms with Gasteiger partial charge in [-0.05, 0) is 30.4 Å². The number of allylic oxidation sites excluding steroid dienone is 3. The molecule has 0 bridgehead atoms. The SMILES string of the molecule is CCSC1=C(C#N)C(c2ccc(F)cc2F)C(c2ccccc2OC)=C(C)N1C(N)=O. The number of benzene rings is 2. The number of ether oxygens (including phenoxy) is 1. The predicted molar refractivity (Wildman–Crippen MR) is 117 cm³/mol. The number of halogens is 2. The first-order valence-corrected chi connectivity index (χ1v) is 10.5. The highest BCUT2D eigenvalue weighted by atomic mass is 32.2. The number of primary amides is 1. The van der Waals surface area contributed by atoms with Crippen LogP contribution >= 0.6 is 11.8 Å². The zero-order valence-corrected chi connectivity index (χ0v) is 18.1. The average Bonchev–Trinajstić information content (AvgIpc) is 2.73. The summed E-state index contributed by atoms with van der Waals surface area (Å²) in [5.74, 6) is -1.35. The van der Waals surface area contributed by atoms with Crippen molar-refractivity contribution in [2.45, 2.75) is 19.8 Å². The molecule has 1 aliphatic heterocycles. The molecule has 0 fully saturated rings. The summed E-state index contributed by atoms with van der Waals surface area (Å²) < 4.78 is 34.1. The molecule has 2 aromatic carbocycles. The summed E-state index contributed by atoms with van der Waals surface area (Å²) >= 11 is 1.26. The summed E-state index contributed by atoms with van der Waals surface area (Å²) in [5, 5.41) is 10.4. The molecule has 1 unspecified atom stereocenters. The number of thioether (sulfide) groups is 1. The maximum atomic E-state index is 15.0. The Morgan fingerprint density at radius 2 is 2.00 bits per heavy atom. The van der Waals surface area contributed by atoms with E-state index in [9.17, 15) is 18.8 Å². The molecular weight excluding hydrogens is 420 g/mol. The predicted octanol–water partition coefficient (Wildman–Crippen LogP) is 5.37. The second kappa shape index (κ2) is 9.23. The minimum atomic E-state index is -0.883. The van der Waals surface area contributed by atoms with E-state index < -0.39 is 23.6 Å². The van der Waals surface area contributed by atoms with E-state index in [-0.39, 0.29) is 11.1 Å². The van der Waals surface area contributed by atoms with Gasteiger partial charge >= 0.3 is 6.03 Å². The fraction of sp³-hybridized carbons (Fsp3) is 0.217. The molecule has 0 spiro atoms. The van der Waals surface area contributed by atoms with Gasteiger partial charge in [-0.25, -0.2) is 13.6 Å². The summed E-state index contributed by atoms with van der Waals surface area (Å²) in [6, 6.07) is 11.7. The van der Waals surface area contributed by atoms with Crippen molar-refractivity contribution in [3.63, 3.8) is 0 Å². The number of methoxy groups -OCH3 is 1. The first kappa shape index (κ1) is 22.4. The monoisotopic (exact) mass is 441 g/mol. The highest BCUT2D eigenvalue weighted by Crippen LogP contribution is 2.50. The number of hydrogen-bond donors (Lipinski definition) is 1. The fourth-order valence-electron chi connectivity index (χ4n) is 3.79. The van der Waals surface area contributed by atoms with Crippen molar-refractivity contribution in [3.8, 4) is 11.8 Å². The van der Waals surface area contributed by atoms with Gasteiger partial charge in [0, 0.05) is 22.9 Å². The number of carbonyl (C=O) groups excluding carboxylic acids is 1. The third-order valence-electron chi connectivity index (χ3n) is 5.03. The quantitative estimate of drug-likeness (QED) is 0.676. The first-order valence-electron chi connectivity index (χ1n) is 9.51. The van der Waals surface area contributed by atoms with Crippen molar-refractivity contribution in [3.05, 3.63) is 81.5 Å². The Hall–Kier alpha value is -3.31. The molecule has 31 heavy (non-hydrogen) atoms. The normalized spacial score (nSPS) is 16.4. The Morgan fingerprint density at radius 1 is 1.29 bits per heavy atom. The molecular formula is C23H21F2N3O2S. The van der Waals surface area contributed by atoms with Crippen molar-refractivity contribution in [2.24, 2.45) is 5.73 Å². The van der Waals surface area contributed by atoms with Crippen LogP contribution in [0.3, 0.4) is 0 Å². The van der Waals surface area contributed by atoms with Gasteiger partial charge in [0.1, 0.15) is 17.4 Å². The zero-order valence-electron chi connectivity index (χ0n) is 17.3. The van der Waals surface area contributed by atoms with E-state index in [1.54, 1.807) is 31.2 Å². The molecule has 2 amide bonds. The van der Waals surface area contributed by atoms with Crippen molar-refractivity contribution < 1.29 is 18.3 Å². The van der Waals surface area contributed by atoms with Gasteiger partial charge in [-0.2, -0.15) is 5.26 Å². The molecule has 2 aromatic rings. The second-order valence-electron chi connectivity index (χ2n) is 6.74. The van der Waals surface area contributed by atoms with Gasteiger partial charge in [-0.1, -0.05) is 31.2 Å². The first-order chi connectivity index (χ1) is 14.8. The number of nitrogens with zero attached hydrogens (tertiary/aromatic N) is 2. The number of carbonyl (C=O) groups is 1. The van der Waals surface area contributed by atoms with Gasteiger partial charge in [0.2, 0.25) is 0 Å². The topological polar surface area (TPSA) is 79.3 Å². The Bertz CT molecular complexity index is 1140. The van der Waals surface area contributed by atoms with Crippen LogP contribution in [0.1, 0.15) is 30.9 Å². The van der Waals surface area contributed by atoms with Crippen LogP contribution < -0.4 is 10.5 Å². The Labute approximate surface area is 183 Å². The number of urea groups is 1. The van der Waals surface area contributed by atoms with E-state index in [1.807, 2.05) is 6.92 Å². The third-order valence-corrected chi connectivity index (χ3v) is 5.99. The zero-order chi connectivity index (χ0) is 22.7. The molecule has 1 aliphatic rings. The van der Waals surface area contributed by atoms with Crippen LogP contribution in [-0.2, 0) is 0 Å². The van der Waals surface area contributed by atoms with Crippen molar-refractivity contribution in [1.82, 2.24) is 4.90 Å². The van der Waals surface area contributed by atoms with Crippen molar-refractivity contribution in [2.75, 3.05) is 12.9 Å². The van der Waals surface area contributed by atoms with Gasteiger partial charge in [-0.3, -0.25) is 4.90 Å². The second-order valence-corrected chi connectivity index (χ2v) is 7.99. The molecule has 0 aromatic heterocycles. The number of nitrogens with two attached hydrogens (primary N) is 1. The molecule has 3 rings (SSSR count). The number of rotatable bonds is 5. The third kappa shape index (κ3) is 4.01. The van der Waals surface area contributed by atoms with E-state index in [0.29, 0.717) is 33.4 Å². The highest BCUT2D eigenvalue weighted by molar-refractivity contribution is 8.03. The van der Waals surface area contributed by atoms with Gasteiger partial charge in [0.25, 0.3) is 0 Å². The van der Waals surface area contributed by atoms with Gasteiger partial charge in [0.05, 0.1) is 29.7 Å². The van der Waals surface area contributed by atoms with Gasteiger partial charge < -0.3 is 10.5 Å². The summed E-state index contributed by atoms with van der Waals surface area (Å²) in [4.78, 5) is 13.7. The van der Waals surface area contributed by atoms with Crippen molar-refractivity contribution in [1.29, 1.82) is 5.26 Å². The van der Waals surface area contributed by atoms with Crippen LogP contribution in [0, 0.1) is 23.0 Å². The number of hydrogen-bond acceptors (Lipinski definition) is 4. The van der Waals surface area contributed by atoms with Gasteiger partial charge in [0.15, 0.2) is 0 Å². The molecule has 0 aliphatic carbocycles. The molecule has 0 saturated carbocycles. The summed E-state index contributed by atoms with van der Waals surface area (Å²) in [6.45, 7) is 3.56. The lowest BCUT2D eigenvalue weighted by Gasteiger charge is -2.36. The van der Waals surface area contributed by atoms with E-state index in [1.165, 1.54) is 29.8 Å². The largest absolute Gasteiger partial charge is 0.496 e. The van der Waals surface area contributed by atoms with Crippen LogP contribution in [0.25, 0.3) is 5.57 Å². The van der Waals surface area contributed by atoms with Crippen LogP contribution in [0.5, 0.6) is 5.75 Å². The Kier molecular flexibility index (Phi) is 6.66. The Balaban J connectivity index is 2.43. The van der Waals surface area contributed by atoms with E-state index in [0.717, 1.165) is 12.1 Å². The van der Waals surface area contributed by atoms with Crippen LogP contribution in [0.4, 0.5) is 13.6 Å². The summed E-state index contributed by atoms with van der Waals surface area (Å²) in [7, 11) is 1.50. The molecule has 1 heterocycles. The number of amides is 2. The molecule has 0 radical (unpaired) electrons. The maximum Gasteiger partial charge on any atom is 0.324 e. The van der Waals surface area contributed by atoms with E-state index in [2.05, 4.69) is 6.07 Å². The average molecular weight is 442 g/mol. The Morgan fingerprint density at radius 3 is 2.58 bits per heavy atom. The standard InChI is InChI=1S/C23H21F2N3O2S/c1-4-31-22-17(12-26)21(15-10-9-14(24)11-18(15)25)20(13(2)28(22)23(27)29)16-7-5-6-8-19(16)30-3/h5-11,21H,4H2,1-3H3,(H2,27,29). The van der Waals surface area contributed by atoms with Crippen LogP contribution in [0.15, 0.2) is 58.8 Å². The number of para-hydroxylation sites is 1. The molecule has 8 heteroatoms. The molecule has 2 N–H and O–H groups in total. The fourth-order valence-corrected chi connectivity index (χ4v) is 4.74. The van der Waals surface area contributed by atoms with E-state index >= 15 is 0 Å². The molecule has 1 atom stereocenters. The summed E-state index contributed by atoms with van der Waals surface area (Å²) in [5.41, 5.74) is 7.47. The van der Waals surface area contributed by atoms with Gasteiger partial charge in [-0.15, -0.1) is 11.8 Å². The lowest BCUT2D eigenvalue weighted by molar-refractivity contribution is 0.231. The molecule has 0 saturated heterocycles. The smallest absolute Gasteiger partial charge is 0.324 e. The maximum absolute atomic E-state index is 15.0.